The number of hydrogen-bond donors (Lipinski definition) is 2. The van der Waals surface area contributed by atoms with Gasteiger partial charge in [0.15, 0.2) is 0 Å². The van der Waals surface area contributed by atoms with Crippen molar-refractivity contribution < 1.29 is 14.4 Å². The third-order valence-electron chi connectivity index (χ3n) is 5.29. The first-order chi connectivity index (χ1) is 14.4. The quantitative estimate of drug-likeness (QED) is 0.667. The van der Waals surface area contributed by atoms with Gasteiger partial charge in [0.05, 0.1) is 0 Å². The number of likely N-dealkylation sites (N-methyl/N-ethyl adjacent to an activating group) is 1. The van der Waals surface area contributed by atoms with Crippen LogP contribution in [0.5, 0.6) is 0 Å². The lowest BCUT2D eigenvalue weighted by Crippen LogP contribution is -2.38. The van der Waals surface area contributed by atoms with Crippen molar-refractivity contribution in [1.82, 2.24) is 19.8 Å². The third-order valence-corrected chi connectivity index (χ3v) is 5.29. The van der Waals surface area contributed by atoms with Gasteiger partial charge in [0.2, 0.25) is 11.8 Å². The number of carbonyl (C=O) groups excluding carboxylic acids is 3. The summed E-state index contributed by atoms with van der Waals surface area (Å²) in [6.45, 7) is 6.00. The average Bonchev–Trinajstić information content (AvgIpc) is 2.94. The minimum atomic E-state index is -0.867. The van der Waals surface area contributed by atoms with E-state index in [1.54, 1.807) is 17.2 Å². The number of nitrogens with one attached hydrogen (secondary N) is 1. The fourth-order valence-electron chi connectivity index (χ4n) is 3.67. The van der Waals surface area contributed by atoms with Crippen LogP contribution in [0.25, 0.3) is 11.0 Å². The van der Waals surface area contributed by atoms with Gasteiger partial charge in [0.1, 0.15) is 17.8 Å². The normalized spacial score (nSPS) is 14.3. The van der Waals surface area contributed by atoms with Crippen LogP contribution < -0.4 is 21.5 Å². The zero-order valence-electron chi connectivity index (χ0n) is 17.2. The maximum absolute atomic E-state index is 12.9. The predicted octanol–water partition coefficient (Wildman–Crippen LogP) is -0.310. The van der Waals surface area contributed by atoms with Crippen LogP contribution in [0.1, 0.15) is 30.6 Å². The van der Waals surface area contributed by atoms with Gasteiger partial charge in [-0.25, -0.2) is 4.98 Å². The van der Waals surface area contributed by atoms with Crippen LogP contribution in [0.2, 0.25) is 0 Å². The molecule has 0 radical (unpaired) electrons. The number of rotatable bonds is 6. The second kappa shape index (κ2) is 8.93. The van der Waals surface area contributed by atoms with Crippen molar-refractivity contribution in [3.8, 4) is 0 Å². The zero-order valence-corrected chi connectivity index (χ0v) is 17.2. The van der Waals surface area contributed by atoms with Crippen molar-refractivity contribution in [1.29, 1.82) is 0 Å². The van der Waals surface area contributed by atoms with Crippen LogP contribution in [0, 0.1) is 0 Å². The van der Waals surface area contributed by atoms with E-state index in [4.69, 9.17) is 5.73 Å². The number of carbonyl (C=O) groups is 3. The topological polar surface area (TPSA) is 131 Å². The standard InChI is InChI=1S/C20H26N6O4/c1-3-24(4-2)17(28)12-26-19-13(11-14(18(21)29)20(26)30)15(5-7-23-19)25-9-6-16(27)22-8-10-25/h5,7,11H,3-4,6,8-10,12H2,1-2H3,(H2,21,29)(H,22,27). The summed E-state index contributed by atoms with van der Waals surface area (Å²) >= 11 is 0. The molecule has 2 aromatic rings. The number of aromatic nitrogens is 2. The molecule has 10 nitrogen and oxygen atoms in total. The van der Waals surface area contributed by atoms with Gasteiger partial charge in [-0.1, -0.05) is 0 Å². The van der Waals surface area contributed by atoms with E-state index in [1.807, 2.05) is 18.7 Å². The number of amides is 3. The van der Waals surface area contributed by atoms with E-state index in [1.165, 1.54) is 10.6 Å². The Kier molecular flexibility index (Phi) is 6.34. The summed E-state index contributed by atoms with van der Waals surface area (Å²) in [5.41, 5.74) is 5.63. The fraction of sp³-hybridized carbons (Fsp3) is 0.450. The molecule has 0 bridgehead atoms. The van der Waals surface area contributed by atoms with Crippen LogP contribution >= 0.6 is 0 Å². The Hall–Kier alpha value is -3.43. The first kappa shape index (κ1) is 21.3. The van der Waals surface area contributed by atoms with E-state index in [2.05, 4.69) is 10.3 Å². The molecule has 3 heterocycles. The summed E-state index contributed by atoms with van der Waals surface area (Å²) in [7, 11) is 0. The highest BCUT2D eigenvalue weighted by Gasteiger charge is 2.22. The van der Waals surface area contributed by atoms with Crippen LogP contribution in [-0.2, 0) is 16.1 Å². The number of pyridine rings is 2. The second-order valence-electron chi connectivity index (χ2n) is 7.03. The second-order valence-corrected chi connectivity index (χ2v) is 7.03. The Morgan fingerprint density at radius 1 is 1.23 bits per heavy atom. The Balaban J connectivity index is 2.17. The number of anilines is 1. The first-order valence-corrected chi connectivity index (χ1v) is 9.99. The van der Waals surface area contributed by atoms with Gasteiger partial charge in [-0.3, -0.25) is 23.7 Å². The molecule has 3 amide bonds. The Morgan fingerprint density at radius 3 is 2.63 bits per heavy atom. The molecular formula is C20H26N6O4. The maximum Gasteiger partial charge on any atom is 0.265 e. The summed E-state index contributed by atoms with van der Waals surface area (Å²) in [4.78, 5) is 57.2. The lowest BCUT2D eigenvalue weighted by atomic mass is 10.1. The Bertz CT molecular complexity index is 1040. The Labute approximate surface area is 173 Å². The molecular weight excluding hydrogens is 388 g/mol. The molecule has 2 aromatic heterocycles. The van der Waals surface area contributed by atoms with Crippen LogP contribution in [0.15, 0.2) is 23.1 Å². The van der Waals surface area contributed by atoms with E-state index >= 15 is 0 Å². The van der Waals surface area contributed by atoms with E-state index in [0.717, 1.165) is 5.69 Å². The van der Waals surface area contributed by atoms with Gasteiger partial charge in [-0.15, -0.1) is 0 Å². The van der Waals surface area contributed by atoms with E-state index in [-0.39, 0.29) is 23.9 Å². The smallest absolute Gasteiger partial charge is 0.265 e. The summed E-state index contributed by atoms with van der Waals surface area (Å²) in [5.74, 6) is -1.15. The molecule has 1 aliphatic heterocycles. The minimum Gasteiger partial charge on any atom is -0.369 e. The zero-order chi connectivity index (χ0) is 21.8. The molecule has 160 valence electrons. The average molecular weight is 414 g/mol. The molecule has 0 atom stereocenters. The molecule has 0 spiro atoms. The van der Waals surface area contributed by atoms with Gasteiger partial charge in [0, 0.05) is 56.4 Å². The van der Waals surface area contributed by atoms with E-state index in [9.17, 15) is 19.2 Å². The van der Waals surface area contributed by atoms with Gasteiger partial charge in [0.25, 0.3) is 11.5 Å². The number of hydrogen-bond acceptors (Lipinski definition) is 6. The number of primary amides is 1. The van der Waals surface area contributed by atoms with E-state index in [0.29, 0.717) is 50.2 Å². The monoisotopic (exact) mass is 414 g/mol. The summed E-state index contributed by atoms with van der Waals surface area (Å²) < 4.78 is 1.21. The minimum absolute atomic E-state index is 0.0320. The van der Waals surface area contributed by atoms with Crippen molar-refractivity contribution in [2.24, 2.45) is 5.73 Å². The van der Waals surface area contributed by atoms with Crippen LogP contribution in [0.4, 0.5) is 5.69 Å². The number of nitrogens with zero attached hydrogens (tertiary/aromatic N) is 4. The molecule has 3 N–H and O–H groups in total. The number of fused-ring (bicyclic) bond motifs is 1. The molecule has 1 saturated heterocycles. The highest BCUT2D eigenvalue weighted by molar-refractivity contribution is 5.99. The molecule has 10 heteroatoms. The number of nitrogens with two attached hydrogens (primary N) is 1. The predicted molar refractivity (Wildman–Crippen MR) is 112 cm³/mol. The van der Waals surface area contributed by atoms with Gasteiger partial charge >= 0.3 is 0 Å². The summed E-state index contributed by atoms with van der Waals surface area (Å²) in [6.07, 6.45) is 1.88. The van der Waals surface area contributed by atoms with Gasteiger partial charge < -0.3 is 20.9 Å². The molecule has 0 saturated carbocycles. The van der Waals surface area contributed by atoms with Gasteiger partial charge in [-0.05, 0) is 26.0 Å². The molecule has 0 aromatic carbocycles. The lowest BCUT2D eigenvalue weighted by Gasteiger charge is -2.24. The third kappa shape index (κ3) is 4.12. The highest BCUT2D eigenvalue weighted by Crippen LogP contribution is 2.26. The van der Waals surface area contributed by atoms with E-state index < -0.39 is 11.5 Å². The molecule has 0 unspecified atom stereocenters. The molecule has 3 rings (SSSR count). The van der Waals surface area contributed by atoms with Crippen molar-refractivity contribution in [2.45, 2.75) is 26.8 Å². The van der Waals surface area contributed by atoms with Crippen molar-refractivity contribution in [3.05, 3.63) is 34.2 Å². The van der Waals surface area contributed by atoms with Gasteiger partial charge in [-0.2, -0.15) is 0 Å². The van der Waals surface area contributed by atoms with Crippen molar-refractivity contribution >= 4 is 34.4 Å². The Morgan fingerprint density at radius 2 is 1.97 bits per heavy atom. The lowest BCUT2D eigenvalue weighted by molar-refractivity contribution is -0.131. The molecule has 1 fully saturated rings. The molecule has 30 heavy (non-hydrogen) atoms. The van der Waals surface area contributed by atoms with Crippen molar-refractivity contribution in [2.75, 3.05) is 37.6 Å². The van der Waals surface area contributed by atoms with Crippen molar-refractivity contribution in [3.63, 3.8) is 0 Å². The fourth-order valence-corrected chi connectivity index (χ4v) is 3.67. The summed E-state index contributed by atoms with van der Waals surface area (Å²) in [5, 5.41) is 3.35. The largest absolute Gasteiger partial charge is 0.369 e. The highest BCUT2D eigenvalue weighted by atomic mass is 16.2. The van der Waals surface area contributed by atoms with Crippen LogP contribution in [0.3, 0.4) is 0 Å². The molecule has 1 aliphatic rings. The van der Waals surface area contributed by atoms with Crippen LogP contribution in [-0.4, -0.2) is 64.9 Å². The maximum atomic E-state index is 12.9. The summed E-state index contributed by atoms with van der Waals surface area (Å²) in [6, 6.07) is 3.20. The SMILES string of the molecule is CCN(CC)C(=O)Cn1c(=O)c(C(N)=O)cc2c(N3CCNC(=O)CC3)ccnc21. The molecule has 0 aliphatic carbocycles. The first-order valence-electron chi connectivity index (χ1n) is 9.99.